The molecule has 2 aromatic rings. The molecule has 2 rings (SSSR count). The van der Waals surface area contributed by atoms with Gasteiger partial charge in [-0.25, -0.2) is 0 Å². The number of benzene rings is 1. The van der Waals surface area contributed by atoms with Gasteiger partial charge in [-0.2, -0.15) is 5.10 Å². The molecule has 1 unspecified atom stereocenters. The van der Waals surface area contributed by atoms with Crippen LogP contribution in [0.25, 0.3) is 0 Å². The Morgan fingerprint density at radius 3 is 2.84 bits per heavy atom. The summed E-state index contributed by atoms with van der Waals surface area (Å²) in [7, 11) is 3.67. The summed E-state index contributed by atoms with van der Waals surface area (Å²) >= 11 is 0. The lowest BCUT2D eigenvalue weighted by atomic mass is 10.0. The number of aryl methyl sites for hydroxylation is 1. The van der Waals surface area contributed by atoms with Crippen molar-refractivity contribution in [1.82, 2.24) is 15.1 Å². The second-order valence-corrected chi connectivity index (χ2v) is 4.55. The van der Waals surface area contributed by atoms with Gasteiger partial charge in [0, 0.05) is 13.2 Å². The topological polar surface area (TPSA) is 39.1 Å². The Balaban J connectivity index is 2.18. The lowest BCUT2D eigenvalue weighted by Gasteiger charge is -2.18. The largest absolute Gasteiger partial charge is 0.497 e. The molecule has 0 saturated carbocycles. The molecule has 1 atom stereocenters. The smallest absolute Gasteiger partial charge is 0.119 e. The van der Waals surface area contributed by atoms with Crippen LogP contribution >= 0.6 is 0 Å². The van der Waals surface area contributed by atoms with Crippen LogP contribution in [-0.2, 0) is 13.5 Å². The third-order valence-corrected chi connectivity index (χ3v) is 3.24. The Morgan fingerprint density at radius 1 is 1.37 bits per heavy atom. The molecule has 0 fully saturated rings. The van der Waals surface area contributed by atoms with Crippen molar-refractivity contribution < 1.29 is 4.74 Å². The molecule has 4 heteroatoms. The van der Waals surface area contributed by atoms with Crippen LogP contribution in [0.4, 0.5) is 0 Å². The maximum Gasteiger partial charge on any atom is 0.119 e. The van der Waals surface area contributed by atoms with Crippen LogP contribution in [0.3, 0.4) is 0 Å². The second-order valence-electron chi connectivity index (χ2n) is 4.55. The maximum absolute atomic E-state index is 5.27. The lowest BCUT2D eigenvalue weighted by Crippen LogP contribution is -2.25. The first-order valence-electron chi connectivity index (χ1n) is 6.58. The first kappa shape index (κ1) is 13.6. The lowest BCUT2D eigenvalue weighted by molar-refractivity contribution is 0.413. The van der Waals surface area contributed by atoms with Gasteiger partial charge < -0.3 is 10.1 Å². The fraction of sp³-hybridized carbons (Fsp3) is 0.400. The van der Waals surface area contributed by atoms with Gasteiger partial charge in [-0.1, -0.05) is 19.1 Å². The average Bonchev–Trinajstić information content (AvgIpc) is 2.85. The molecule has 0 spiro atoms. The number of ether oxygens (including phenoxy) is 1. The Morgan fingerprint density at radius 2 is 2.21 bits per heavy atom. The van der Waals surface area contributed by atoms with Gasteiger partial charge in [0.1, 0.15) is 5.75 Å². The van der Waals surface area contributed by atoms with Crippen molar-refractivity contribution in [3.63, 3.8) is 0 Å². The Bertz CT molecular complexity index is 522. The molecule has 102 valence electrons. The van der Waals surface area contributed by atoms with Crippen LogP contribution in [0.2, 0.25) is 0 Å². The molecule has 0 aliphatic carbocycles. The molecule has 1 N–H and O–H groups in total. The average molecular weight is 259 g/mol. The van der Waals surface area contributed by atoms with E-state index in [4.69, 9.17) is 4.74 Å². The molecule has 1 aromatic carbocycles. The highest BCUT2D eigenvalue weighted by Crippen LogP contribution is 2.20. The van der Waals surface area contributed by atoms with Crippen molar-refractivity contribution in [2.45, 2.75) is 19.4 Å². The van der Waals surface area contributed by atoms with E-state index in [-0.39, 0.29) is 6.04 Å². The summed E-state index contributed by atoms with van der Waals surface area (Å²) in [4.78, 5) is 0. The normalized spacial score (nSPS) is 12.4. The van der Waals surface area contributed by atoms with Gasteiger partial charge in [0.05, 0.1) is 18.8 Å². The van der Waals surface area contributed by atoms with Gasteiger partial charge in [0.25, 0.3) is 0 Å². The molecule has 0 amide bonds. The first-order valence-corrected chi connectivity index (χ1v) is 6.58. The van der Waals surface area contributed by atoms with Crippen molar-refractivity contribution in [2.24, 2.45) is 7.05 Å². The first-order chi connectivity index (χ1) is 9.24. The van der Waals surface area contributed by atoms with Gasteiger partial charge in [0.2, 0.25) is 0 Å². The van der Waals surface area contributed by atoms with E-state index in [1.807, 2.05) is 30.1 Å². The van der Waals surface area contributed by atoms with Crippen LogP contribution in [0.1, 0.15) is 24.2 Å². The zero-order valence-electron chi connectivity index (χ0n) is 11.8. The summed E-state index contributed by atoms with van der Waals surface area (Å²) < 4.78 is 7.20. The van der Waals surface area contributed by atoms with E-state index in [0.717, 1.165) is 18.7 Å². The number of hydrogen-bond donors (Lipinski definition) is 1. The molecule has 0 aliphatic rings. The Kier molecular flexibility index (Phi) is 4.58. The van der Waals surface area contributed by atoms with Gasteiger partial charge in [0.15, 0.2) is 0 Å². The van der Waals surface area contributed by atoms with Crippen molar-refractivity contribution in [1.29, 1.82) is 0 Å². The predicted octanol–water partition coefficient (Wildman–Crippen LogP) is 2.32. The quantitative estimate of drug-likeness (QED) is 0.865. The van der Waals surface area contributed by atoms with Crippen molar-refractivity contribution >= 4 is 0 Å². The molecule has 4 nitrogen and oxygen atoms in total. The fourth-order valence-corrected chi connectivity index (χ4v) is 2.29. The van der Waals surface area contributed by atoms with Gasteiger partial charge in [-0.3, -0.25) is 4.68 Å². The molecule has 0 aliphatic heterocycles. The minimum atomic E-state index is 0.268. The molecule has 19 heavy (non-hydrogen) atoms. The SMILES string of the molecule is CCNC(Cc1cccc(OC)c1)c1ccnn1C. The summed E-state index contributed by atoms with van der Waals surface area (Å²) in [6.45, 7) is 3.05. The van der Waals surface area contributed by atoms with E-state index in [2.05, 4.69) is 35.5 Å². The van der Waals surface area contributed by atoms with Crippen LogP contribution in [0, 0.1) is 0 Å². The molecular formula is C15H21N3O. The van der Waals surface area contributed by atoms with Gasteiger partial charge in [-0.05, 0) is 36.7 Å². The number of likely N-dealkylation sites (N-methyl/N-ethyl adjacent to an activating group) is 1. The third-order valence-electron chi connectivity index (χ3n) is 3.24. The standard InChI is InChI=1S/C15H21N3O/c1-4-16-14(15-8-9-17-18(15)2)11-12-6-5-7-13(10-12)19-3/h5-10,14,16H,4,11H2,1-3H3. The highest BCUT2D eigenvalue weighted by atomic mass is 16.5. The fourth-order valence-electron chi connectivity index (χ4n) is 2.29. The number of methoxy groups -OCH3 is 1. The monoisotopic (exact) mass is 259 g/mol. The molecule has 0 saturated heterocycles. The van der Waals surface area contributed by atoms with Crippen molar-refractivity contribution in [3.8, 4) is 5.75 Å². The van der Waals surface area contributed by atoms with Gasteiger partial charge in [-0.15, -0.1) is 0 Å². The molecule has 1 heterocycles. The second kappa shape index (κ2) is 6.38. The highest BCUT2D eigenvalue weighted by molar-refractivity contribution is 5.29. The van der Waals surface area contributed by atoms with E-state index in [9.17, 15) is 0 Å². The number of nitrogens with zero attached hydrogens (tertiary/aromatic N) is 2. The minimum Gasteiger partial charge on any atom is -0.497 e. The number of rotatable bonds is 6. The van der Waals surface area contributed by atoms with E-state index in [1.54, 1.807) is 7.11 Å². The van der Waals surface area contributed by atoms with Crippen LogP contribution in [-0.4, -0.2) is 23.4 Å². The van der Waals surface area contributed by atoms with Crippen LogP contribution < -0.4 is 10.1 Å². The number of aromatic nitrogens is 2. The van der Waals surface area contributed by atoms with E-state index in [0.29, 0.717) is 0 Å². The Hall–Kier alpha value is -1.81. The zero-order valence-corrected chi connectivity index (χ0v) is 11.8. The summed E-state index contributed by atoms with van der Waals surface area (Å²) in [5.41, 5.74) is 2.45. The number of hydrogen-bond acceptors (Lipinski definition) is 3. The summed E-state index contributed by atoms with van der Waals surface area (Å²) in [5, 5.41) is 7.76. The van der Waals surface area contributed by atoms with E-state index < -0.39 is 0 Å². The number of nitrogens with one attached hydrogen (secondary N) is 1. The maximum atomic E-state index is 5.27. The minimum absolute atomic E-state index is 0.268. The van der Waals surface area contributed by atoms with Crippen LogP contribution in [0.5, 0.6) is 5.75 Å². The van der Waals surface area contributed by atoms with Crippen LogP contribution in [0.15, 0.2) is 36.5 Å². The molecule has 1 aromatic heterocycles. The summed E-state index contributed by atoms with van der Waals surface area (Å²) in [6, 6.07) is 10.5. The van der Waals surface area contributed by atoms with Crippen molar-refractivity contribution in [3.05, 3.63) is 47.8 Å². The van der Waals surface area contributed by atoms with Crippen molar-refractivity contribution in [2.75, 3.05) is 13.7 Å². The van der Waals surface area contributed by atoms with E-state index >= 15 is 0 Å². The molecule has 0 radical (unpaired) electrons. The Labute approximate surface area is 114 Å². The van der Waals surface area contributed by atoms with E-state index in [1.165, 1.54) is 11.3 Å². The summed E-state index contributed by atoms with van der Waals surface area (Å²) in [6.07, 6.45) is 2.76. The third kappa shape index (κ3) is 3.35. The molecular weight excluding hydrogens is 238 g/mol. The zero-order chi connectivity index (χ0) is 13.7. The summed E-state index contributed by atoms with van der Waals surface area (Å²) in [5.74, 6) is 0.901. The highest BCUT2D eigenvalue weighted by Gasteiger charge is 2.14. The predicted molar refractivity (Wildman–Crippen MR) is 76.3 cm³/mol. The molecule has 0 bridgehead atoms. The van der Waals surface area contributed by atoms with Gasteiger partial charge >= 0.3 is 0 Å².